The van der Waals surface area contributed by atoms with E-state index in [1.807, 2.05) is 0 Å². The van der Waals surface area contributed by atoms with Crippen molar-refractivity contribution in [3.63, 3.8) is 0 Å². The average Bonchev–Trinajstić information content (AvgIpc) is 3.49. The van der Waals surface area contributed by atoms with Crippen molar-refractivity contribution < 1.29 is 4.79 Å². The molecule has 1 aromatic carbocycles. The summed E-state index contributed by atoms with van der Waals surface area (Å²) in [6.07, 6.45) is 8.27. The number of aromatic nitrogens is 2. The van der Waals surface area contributed by atoms with Crippen molar-refractivity contribution in [3.05, 3.63) is 45.0 Å². The van der Waals surface area contributed by atoms with Gasteiger partial charge in [0.05, 0.1) is 17.3 Å². The Morgan fingerprint density at radius 2 is 1.65 bits per heavy atom. The Bertz CT molecular complexity index is 920. The maximum absolute atomic E-state index is 12.9. The molecule has 2 fully saturated rings. The van der Waals surface area contributed by atoms with Crippen LogP contribution in [0, 0.1) is 0 Å². The van der Waals surface area contributed by atoms with E-state index in [1.165, 1.54) is 23.9 Å². The molecule has 1 amide bonds. The molecule has 2 aliphatic carbocycles. The van der Waals surface area contributed by atoms with Gasteiger partial charge in [0, 0.05) is 18.5 Å². The number of benzene rings is 1. The normalized spacial score (nSPS) is 18.2. The number of H-pyrrole nitrogens is 1. The summed E-state index contributed by atoms with van der Waals surface area (Å²) in [6, 6.07) is 7.53. The molecule has 2 aromatic rings. The first-order chi connectivity index (χ1) is 12.6. The van der Waals surface area contributed by atoms with Crippen molar-refractivity contribution in [2.75, 3.05) is 0 Å². The van der Waals surface area contributed by atoms with Gasteiger partial charge in [0.1, 0.15) is 0 Å². The maximum Gasteiger partial charge on any atom is 0.273 e. The lowest BCUT2D eigenvalue weighted by atomic mass is 9.94. The number of amides is 1. The summed E-state index contributed by atoms with van der Waals surface area (Å²) in [7, 11) is 0. The molecular weight excluding hydrogens is 330 g/mol. The monoisotopic (exact) mass is 355 g/mol. The molecule has 6 heteroatoms. The first-order valence-electron chi connectivity index (χ1n) is 9.68. The van der Waals surface area contributed by atoms with Crippen LogP contribution in [0.2, 0.25) is 0 Å². The van der Waals surface area contributed by atoms with E-state index in [0.29, 0.717) is 22.9 Å². The number of aromatic amines is 1. The summed E-state index contributed by atoms with van der Waals surface area (Å²) in [5.74, 6) is 0.111. The minimum atomic E-state index is -0.293. The number of nitrogens with zero attached hydrogens (tertiary/aromatic N) is 2. The van der Waals surface area contributed by atoms with Gasteiger partial charge in [-0.25, -0.2) is 4.68 Å². The fourth-order valence-corrected chi connectivity index (χ4v) is 4.16. The molecule has 1 N–H and O–H groups in total. The molecule has 138 valence electrons. The zero-order valence-electron chi connectivity index (χ0n) is 14.9. The van der Waals surface area contributed by atoms with Crippen molar-refractivity contribution in [2.24, 2.45) is 0 Å². The second kappa shape index (κ2) is 7.09. The van der Waals surface area contributed by atoms with Crippen molar-refractivity contribution in [2.45, 2.75) is 70.0 Å². The minimum absolute atomic E-state index is 0.111. The summed E-state index contributed by atoms with van der Waals surface area (Å²) >= 11 is 0. The minimum Gasteiger partial charge on any atom is -0.337 e. The van der Waals surface area contributed by atoms with Crippen molar-refractivity contribution >= 4 is 16.7 Å². The van der Waals surface area contributed by atoms with Crippen LogP contribution in [0.15, 0.2) is 33.9 Å². The fourth-order valence-electron chi connectivity index (χ4n) is 4.16. The highest BCUT2D eigenvalue weighted by Gasteiger charge is 2.37. The molecule has 2 aliphatic rings. The number of hydrogen-bond donors (Lipinski definition) is 1. The Morgan fingerprint density at radius 3 is 2.35 bits per heavy atom. The summed E-state index contributed by atoms with van der Waals surface area (Å²) in [6.45, 7) is 0.216. The number of aryl methyl sites for hydroxylation is 1. The Balaban J connectivity index is 1.52. The lowest BCUT2D eigenvalue weighted by Gasteiger charge is -2.34. The van der Waals surface area contributed by atoms with Crippen molar-refractivity contribution in [1.82, 2.24) is 14.7 Å². The molecular formula is C20H25N3O3. The Hall–Kier alpha value is -2.37. The first-order valence-corrected chi connectivity index (χ1v) is 9.68. The molecule has 0 spiro atoms. The molecule has 6 nitrogen and oxygen atoms in total. The zero-order chi connectivity index (χ0) is 18.1. The van der Waals surface area contributed by atoms with E-state index >= 15 is 0 Å². The molecule has 0 radical (unpaired) electrons. The van der Waals surface area contributed by atoms with Gasteiger partial charge in [0.2, 0.25) is 5.91 Å². The van der Waals surface area contributed by atoms with Gasteiger partial charge < -0.3 is 4.90 Å². The van der Waals surface area contributed by atoms with Crippen LogP contribution in [0.4, 0.5) is 0 Å². The second-order valence-corrected chi connectivity index (χ2v) is 7.52. The third-order valence-corrected chi connectivity index (χ3v) is 5.63. The molecule has 0 bridgehead atoms. The topological polar surface area (TPSA) is 75.2 Å². The molecule has 4 rings (SSSR count). The molecule has 0 aliphatic heterocycles. The quantitative estimate of drug-likeness (QED) is 0.895. The number of carbonyl (C=O) groups is 1. The average molecular weight is 355 g/mol. The standard InChI is InChI=1S/C20H25N3O3/c24-18(23(15-10-11-15)14-6-2-1-3-7-14)12-13-22-20(26)17-9-5-4-8-16(17)19(25)21-22/h4-5,8-9,14-15H,1-3,6-7,10-13H2,(H,21,25). The van der Waals surface area contributed by atoms with Gasteiger partial charge in [-0.3, -0.25) is 19.5 Å². The van der Waals surface area contributed by atoms with Gasteiger partial charge in [-0.05, 0) is 37.8 Å². The predicted octanol–water partition coefficient (Wildman–Crippen LogP) is 2.40. The predicted molar refractivity (Wildman–Crippen MR) is 100 cm³/mol. The van der Waals surface area contributed by atoms with Gasteiger partial charge in [-0.1, -0.05) is 31.4 Å². The van der Waals surface area contributed by atoms with Gasteiger partial charge in [0.15, 0.2) is 0 Å². The first kappa shape index (κ1) is 17.1. The molecule has 0 unspecified atom stereocenters. The fraction of sp³-hybridized carbons (Fsp3) is 0.550. The summed E-state index contributed by atoms with van der Waals surface area (Å²) in [5.41, 5.74) is -0.539. The third-order valence-electron chi connectivity index (χ3n) is 5.63. The van der Waals surface area contributed by atoms with E-state index < -0.39 is 0 Å². The van der Waals surface area contributed by atoms with E-state index in [0.717, 1.165) is 25.7 Å². The van der Waals surface area contributed by atoms with Gasteiger partial charge in [0.25, 0.3) is 11.1 Å². The molecule has 26 heavy (non-hydrogen) atoms. The van der Waals surface area contributed by atoms with Crippen LogP contribution in [0.25, 0.3) is 10.8 Å². The number of rotatable bonds is 5. The SMILES string of the molecule is O=C(CCn1[nH]c(=O)c2ccccc2c1=O)N(C1CCCCC1)C1CC1. The molecule has 0 atom stereocenters. The summed E-state index contributed by atoms with van der Waals surface area (Å²) in [4.78, 5) is 39.7. The largest absolute Gasteiger partial charge is 0.337 e. The molecule has 2 saturated carbocycles. The Morgan fingerprint density at radius 1 is 1.00 bits per heavy atom. The zero-order valence-corrected chi connectivity index (χ0v) is 14.9. The van der Waals surface area contributed by atoms with Crippen LogP contribution in [0.1, 0.15) is 51.4 Å². The highest BCUT2D eigenvalue weighted by molar-refractivity contribution is 5.80. The number of fused-ring (bicyclic) bond motifs is 1. The summed E-state index contributed by atoms with van der Waals surface area (Å²) < 4.78 is 1.29. The molecule has 0 saturated heterocycles. The van der Waals surface area contributed by atoms with Crippen LogP contribution in [-0.4, -0.2) is 32.7 Å². The second-order valence-electron chi connectivity index (χ2n) is 7.52. The van der Waals surface area contributed by atoms with Crippen LogP contribution in [-0.2, 0) is 11.3 Å². The smallest absolute Gasteiger partial charge is 0.273 e. The van der Waals surface area contributed by atoms with E-state index in [2.05, 4.69) is 10.00 Å². The highest BCUT2D eigenvalue weighted by Crippen LogP contribution is 2.34. The van der Waals surface area contributed by atoms with E-state index in [4.69, 9.17) is 0 Å². The van der Waals surface area contributed by atoms with Gasteiger partial charge >= 0.3 is 0 Å². The lowest BCUT2D eigenvalue weighted by molar-refractivity contribution is -0.135. The Kier molecular flexibility index (Phi) is 4.66. The van der Waals surface area contributed by atoms with Crippen molar-refractivity contribution in [3.8, 4) is 0 Å². The molecule has 1 heterocycles. The Labute approximate surface area is 151 Å². The van der Waals surface area contributed by atoms with Gasteiger partial charge in [-0.2, -0.15) is 0 Å². The maximum atomic E-state index is 12.9. The number of nitrogens with one attached hydrogen (secondary N) is 1. The highest BCUT2D eigenvalue weighted by atomic mass is 16.2. The number of hydrogen-bond acceptors (Lipinski definition) is 3. The van der Waals surface area contributed by atoms with Crippen LogP contribution < -0.4 is 11.1 Å². The van der Waals surface area contributed by atoms with E-state index in [1.54, 1.807) is 24.3 Å². The van der Waals surface area contributed by atoms with Gasteiger partial charge in [-0.15, -0.1) is 0 Å². The van der Waals surface area contributed by atoms with Crippen molar-refractivity contribution in [1.29, 1.82) is 0 Å². The number of carbonyl (C=O) groups excluding carboxylic acids is 1. The van der Waals surface area contributed by atoms with Crippen LogP contribution >= 0.6 is 0 Å². The molecule has 1 aromatic heterocycles. The van der Waals surface area contributed by atoms with Crippen LogP contribution in [0.3, 0.4) is 0 Å². The van der Waals surface area contributed by atoms with Crippen LogP contribution in [0.5, 0.6) is 0 Å². The van der Waals surface area contributed by atoms with E-state index in [9.17, 15) is 14.4 Å². The lowest BCUT2D eigenvalue weighted by Crippen LogP contribution is -2.43. The summed E-state index contributed by atoms with van der Waals surface area (Å²) in [5, 5.41) is 3.40. The van der Waals surface area contributed by atoms with E-state index in [-0.39, 0.29) is 30.0 Å². The third kappa shape index (κ3) is 3.32.